The van der Waals surface area contributed by atoms with Gasteiger partial charge in [-0.3, -0.25) is 0 Å². The largest absolute Gasteiger partial charge is 0.456 e. The minimum atomic E-state index is -4.87. The summed E-state index contributed by atoms with van der Waals surface area (Å²) >= 11 is 0. The third-order valence-corrected chi connectivity index (χ3v) is 14.1. The number of rotatable bonds is 9. The quantitative estimate of drug-likeness (QED) is 0.129. The van der Waals surface area contributed by atoms with E-state index >= 15 is 13.2 Å². The molecule has 0 aromatic rings. The van der Waals surface area contributed by atoms with Crippen LogP contribution >= 0.6 is 0 Å². The molecule has 16 heteroatoms. The summed E-state index contributed by atoms with van der Waals surface area (Å²) in [6.07, 6.45) is -6.63. The molecule has 53 heavy (non-hydrogen) atoms. The summed E-state index contributed by atoms with van der Waals surface area (Å²) in [4.78, 5) is 23.5. The highest BCUT2D eigenvalue weighted by Gasteiger charge is 2.77. The number of unbranched alkanes of at least 4 members (excludes halogenated alkanes) is 2. The van der Waals surface area contributed by atoms with Gasteiger partial charge >= 0.3 is 12.4 Å². The van der Waals surface area contributed by atoms with Gasteiger partial charge < -0.3 is 28.4 Å². The topological polar surface area (TPSA) is 92.3 Å². The molecule has 10 rings (SSSR count). The highest BCUT2D eigenvalue weighted by molar-refractivity contribution is 5.28. The third-order valence-electron chi connectivity index (χ3n) is 14.1. The van der Waals surface area contributed by atoms with Crippen molar-refractivity contribution in [2.75, 3.05) is 19.8 Å². The molecule has 14 atom stereocenters. The van der Waals surface area contributed by atoms with Crippen LogP contribution in [0.3, 0.4) is 0 Å². The lowest BCUT2D eigenvalue weighted by Crippen LogP contribution is -2.76. The monoisotopic (exact) mass is 770 g/mol. The van der Waals surface area contributed by atoms with Gasteiger partial charge in [-0.2, -0.15) is 26.3 Å². The maximum absolute atomic E-state index is 15.1. The first kappa shape index (κ1) is 38.6. The molecule has 8 aliphatic heterocycles. The fourth-order valence-electron chi connectivity index (χ4n) is 11.3. The van der Waals surface area contributed by atoms with E-state index in [0.717, 1.165) is 6.42 Å². The predicted octanol–water partition coefficient (Wildman–Crippen LogP) is 8.39. The van der Waals surface area contributed by atoms with E-state index in [0.29, 0.717) is 57.8 Å². The van der Waals surface area contributed by atoms with Crippen LogP contribution in [-0.4, -0.2) is 73.3 Å². The molecule has 0 radical (unpaired) electrons. The molecule has 0 N–H and O–H groups in total. The number of halogens is 6. The summed E-state index contributed by atoms with van der Waals surface area (Å²) in [5.74, 6) is -8.78. The van der Waals surface area contributed by atoms with Gasteiger partial charge in [0.05, 0.1) is 13.2 Å². The molecule has 8 heterocycles. The predicted molar refractivity (Wildman–Crippen MR) is 169 cm³/mol. The lowest BCUT2D eigenvalue weighted by atomic mass is 9.57. The Morgan fingerprint density at radius 2 is 1.26 bits per heavy atom. The molecule has 7 saturated heterocycles. The number of hydrogen-bond acceptors (Lipinski definition) is 10. The van der Waals surface area contributed by atoms with Gasteiger partial charge in [0.15, 0.2) is 17.5 Å². The van der Waals surface area contributed by atoms with Gasteiger partial charge in [0.2, 0.25) is 23.6 Å². The number of alkyl halides is 6. The molecule has 0 amide bonds. The summed E-state index contributed by atoms with van der Waals surface area (Å²) in [5, 5.41) is 0. The Balaban J connectivity index is 0.906. The van der Waals surface area contributed by atoms with E-state index < -0.39 is 77.0 Å². The van der Waals surface area contributed by atoms with Crippen molar-refractivity contribution in [3.8, 4) is 0 Å². The lowest BCUT2D eigenvalue weighted by molar-refractivity contribution is -0.598. The molecule has 302 valence electrons. The number of allylic oxidation sites excluding steroid dienone is 1. The molecule has 10 nitrogen and oxygen atoms in total. The van der Waals surface area contributed by atoms with Crippen LogP contribution in [0.1, 0.15) is 105 Å². The van der Waals surface area contributed by atoms with Crippen LogP contribution in [0.5, 0.6) is 0 Å². The van der Waals surface area contributed by atoms with Crippen molar-refractivity contribution in [3.05, 3.63) is 11.3 Å². The van der Waals surface area contributed by atoms with E-state index in [1.54, 1.807) is 13.8 Å². The van der Waals surface area contributed by atoms with Crippen LogP contribution < -0.4 is 0 Å². The maximum Gasteiger partial charge on any atom is 0.449 e. The Kier molecular flexibility index (Phi) is 9.58. The average Bonchev–Trinajstić information content (AvgIpc) is 3.46. The summed E-state index contributed by atoms with van der Waals surface area (Å²) in [6, 6.07) is 0. The normalized spacial score (nSPS) is 49.2. The second-order valence-corrected chi connectivity index (χ2v) is 17.3. The molecule has 2 aliphatic carbocycles. The maximum atomic E-state index is 15.1. The first-order valence-corrected chi connectivity index (χ1v) is 19.4. The van der Waals surface area contributed by atoms with E-state index in [1.165, 1.54) is 6.92 Å². The number of ether oxygens (including phenoxy) is 6. The fraction of sp³-hybridized carbons (Fsp3) is 0.946. The van der Waals surface area contributed by atoms with Crippen molar-refractivity contribution in [1.29, 1.82) is 0 Å². The van der Waals surface area contributed by atoms with Gasteiger partial charge in [0.1, 0.15) is 0 Å². The van der Waals surface area contributed by atoms with Crippen molar-refractivity contribution >= 4 is 0 Å². The molecule has 10 aliphatic rings. The highest BCUT2D eigenvalue weighted by atomic mass is 19.4. The van der Waals surface area contributed by atoms with Crippen molar-refractivity contribution in [3.63, 3.8) is 0 Å². The van der Waals surface area contributed by atoms with E-state index in [1.807, 2.05) is 0 Å². The van der Waals surface area contributed by atoms with E-state index in [9.17, 15) is 13.2 Å². The Morgan fingerprint density at radius 1 is 0.660 bits per heavy atom. The van der Waals surface area contributed by atoms with Crippen LogP contribution in [-0.2, 0) is 48.0 Å². The molecule has 4 bridgehead atoms. The van der Waals surface area contributed by atoms with E-state index in [2.05, 4.69) is 13.8 Å². The Hall–Kier alpha value is -1.24. The van der Waals surface area contributed by atoms with Gasteiger partial charge in [-0.15, -0.1) is 0 Å². The standard InChI is InChI=1S/C37H52F6O10/c1-20-9-11-26-22(3)35(37(41,42)43,49-30-33(26)24(20)13-16-32(5,48-30)51-52-33)45-18-8-6-7-17-44-19-23-27-12-10-21(2)25-14-15-31(4)47-29(34(25,27)53-50-31)46-28(23)36(38,39)40/h20-22,24-27,29-30H,6-19H2,1-5H3/t20-,21-,22-,24+,25+,26+,27+,29-,30+,31+,32+,33-,34-,35-/m1/s1. The zero-order valence-electron chi connectivity index (χ0n) is 30.9. The molecule has 0 aromatic heterocycles. The van der Waals surface area contributed by atoms with Gasteiger partial charge in [0, 0.05) is 48.7 Å². The van der Waals surface area contributed by atoms with Crippen LogP contribution in [0.2, 0.25) is 0 Å². The minimum absolute atomic E-state index is 0.0305. The second-order valence-electron chi connectivity index (χ2n) is 17.3. The first-order chi connectivity index (χ1) is 24.9. The molecule has 0 aromatic carbocycles. The van der Waals surface area contributed by atoms with Crippen molar-refractivity contribution < 1.29 is 74.3 Å². The Morgan fingerprint density at radius 3 is 1.92 bits per heavy atom. The van der Waals surface area contributed by atoms with Gasteiger partial charge in [-0.05, 0) is 89.4 Å². The second kappa shape index (κ2) is 13.2. The van der Waals surface area contributed by atoms with Gasteiger partial charge in [0.25, 0.3) is 5.79 Å². The van der Waals surface area contributed by atoms with E-state index in [-0.39, 0.29) is 55.5 Å². The van der Waals surface area contributed by atoms with Crippen LogP contribution in [0.25, 0.3) is 0 Å². The number of fused-ring (bicyclic) bond motifs is 4. The first-order valence-electron chi connectivity index (χ1n) is 19.4. The molecular weight excluding hydrogens is 718 g/mol. The molecule has 2 spiro atoms. The third kappa shape index (κ3) is 5.92. The van der Waals surface area contributed by atoms with Crippen molar-refractivity contribution in [2.45, 2.75) is 159 Å². The smallest absolute Gasteiger partial charge is 0.449 e. The molecule has 0 unspecified atom stereocenters. The Bertz CT molecular complexity index is 1430. The van der Waals surface area contributed by atoms with Crippen LogP contribution in [0.4, 0.5) is 26.3 Å². The summed E-state index contributed by atoms with van der Waals surface area (Å²) in [5.41, 5.74) is -2.44. The zero-order valence-corrected chi connectivity index (χ0v) is 30.9. The Labute approximate surface area is 305 Å². The minimum Gasteiger partial charge on any atom is -0.456 e. The summed E-state index contributed by atoms with van der Waals surface area (Å²) in [6.45, 7) is 8.43. The average molecular weight is 771 g/mol. The van der Waals surface area contributed by atoms with Crippen LogP contribution in [0.15, 0.2) is 11.3 Å². The van der Waals surface area contributed by atoms with Gasteiger partial charge in [-0.1, -0.05) is 20.8 Å². The van der Waals surface area contributed by atoms with Crippen LogP contribution in [0, 0.1) is 41.4 Å². The lowest BCUT2D eigenvalue weighted by Gasteiger charge is -2.62. The fourth-order valence-corrected chi connectivity index (χ4v) is 11.3. The SMILES string of the molecule is C[C@@H]1CC[C@H]2[C@@H](C)[C@](OCCCCCOCC3=C(C(F)(F)F)O[C@@H]4O[C@]5(C)CC[C@H]6[C@H](C)CC[C@@H]3[C@@]46OO5)(C(F)(F)F)O[C@@H]3O[C@]4(C)CC[C@@H]1[C@]32OO4. The highest BCUT2D eigenvalue weighted by Crippen LogP contribution is 2.65. The summed E-state index contributed by atoms with van der Waals surface area (Å²) < 4.78 is 124. The van der Waals surface area contributed by atoms with Crippen molar-refractivity contribution in [1.82, 2.24) is 0 Å². The molecule has 2 saturated carbocycles. The molecule has 9 fully saturated rings. The number of hydrogen-bond donors (Lipinski definition) is 0. The van der Waals surface area contributed by atoms with Gasteiger partial charge in [-0.25, -0.2) is 19.6 Å². The molecular formula is C37H52F6O10. The van der Waals surface area contributed by atoms with Crippen molar-refractivity contribution in [2.24, 2.45) is 41.4 Å². The summed E-state index contributed by atoms with van der Waals surface area (Å²) in [7, 11) is 0. The van der Waals surface area contributed by atoms with E-state index in [4.69, 9.17) is 48.0 Å². The zero-order chi connectivity index (χ0) is 37.8.